The van der Waals surface area contributed by atoms with Gasteiger partial charge in [-0.2, -0.15) is 0 Å². The van der Waals surface area contributed by atoms with Crippen LogP contribution in [0.4, 0.5) is 17.1 Å². The highest BCUT2D eigenvalue weighted by Gasteiger charge is 2.37. The highest BCUT2D eigenvalue weighted by molar-refractivity contribution is 6.10. The molecule has 0 radical (unpaired) electrons. The van der Waals surface area contributed by atoms with Gasteiger partial charge in [-0.3, -0.25) is 0 Å². The van der Waals surface area contributed by atoms with E-state index in [2.05, 4.69) is 183 Å². The van der Waals surface area contributed by atoms with Gasteiger partial charge in [0.2, 0.25) is 0 Å². The molecule has 0 spiro atoms. The highest BCUT2D eigenvalue weighted by Crippen LogP contribution is 2.54. The first-order valence-corrected chi connectivity index (χ1v) is 17.7. The molecule has 1 heterocycles. The van der Waals surface area contributed by atoms with Crippen molar-refractivity contribution in [3.05, 3.63) is 187 Å². The van der Waals surface area contributed by atoms with Crippen molar-refractivity contribution in [2.75, 3.05) is 4.90 Å². The number of anilines is 3. The Morgan fingerprint density at radius 3 is 1.90 bits per heavy atom. The van der Waals surface area contributed by atoms with Gasteiger partial charge in [-0.25, -0.2) is 0 Å². The predicted octanol–water partition coefficient (Wildman–Crippen LogP) is 13.8. The number of para-hydroxylation sites is 3. The summed E-state index contributed by atoms with van der Waals surface area (Å²) in [4.78, 5) is 2.44. The summed E-state index contributed by atoms with van der Waals surface area (Å²) in [5.41, 5.74) is 15.2. The molecule has 0 atom stereocenters. The van der Waals surface area contributed by atoms with E-state index in [0.29, 0.717) is 0 Å². The van der Waals surface area contributed by atoms with Gasteiger partial charge in [-0.05, 0) is 69.1 Å². The molecule has 0 saturated heterocycles. The van der Waals surface area contributed by atoms with Crippen LogP contribution in [0.1, 0.15) is 25.0 Å². The predicted molar refractivity (Wildman–Crippen MR) is 214 cm³/mol. The summed E-state index contributed by atoms with van der Waals surface area (Å²) in [7, 11) is 0. The number of nitrogens with zero attached hydrogens (tertiary/aromatic N) is 1. The van der Waals surface area contributed by atoms with Crippen molar-refractivity contribution in [3.63, 3.8) is 0 Å². The second kappa shape index (κ2) is 11.3. The molecular formula is C49H35NO. The summed E-state index contributed by atoms with van der Waals surface area (Å²) in [6.45, 7) is 4.70. The normalized spacial score (nSPS) is 13.1. The molecule has 0 amide bonds. The van der Waals surface area contributed by atoms with Crippen LogP contribution >= 0.6 is 0 Å². The molecule has 0 unspecified atom stereocenters. The molecule has 2 nitrogen and oxygen atoms in total. The van der Waals surface area contributed by atoms with Crippen molar-refractivity contribution in [3.8, 4) is 33.4 Å². The Morgan fingerprint density at radius 1 is 0.431 bits per heavy atom. The highest BCUT2D eigenvalue weighted by atomic mass is 16.3. The van der Waals surface area contributed by atoms with Crippen LogP contribution in [0.25, 0.3) is 66.1 Å². The van der Waals surface area contributed by atoms with E-state index in [4.69, 9.17) is 4.42 Å². The first kappa shape index (κ1) is 29.5. The van der Waals surface area contributed by atoms with Gasteiger partial charge in [-0.15, -0.1) is 0 Å². The first-order valence-electron chi connectivity index (χ1n) is 17.7. The molecule has 51 heavy (non-hydrogen) atoms. The summed E-state index contributed by atoms with van der Waals surface area (Å²) >= 11 is 0. The van der Waals surface area contributed by atoms with E-state index in [1.807, 2.05) is 12.1 Å². The monoisotopic (exact) mass is 653 g/mol. The third kappa shape index (κ3) is 4.50. The second-order valence-electron chi connectivity index (χ2n) is 14.1. The lowest BCUT2D eigenvalue weighted by molar-refractivity contribution is 0.660. The van der Waals surface area contributed by atoms with Crippen LogP contribution in [0.3, 0.4) is 0 Å². The van der Waals surface area contributed by atoms with E-state index in [1.165, 1.54) is 44.2 Å². The van der Waals surface area contributed by atoms with Crippen molar-refractivity contribution in [2.45, 2.75) is 19.3 Å². The Bertz CT molecular complexity index is 2780. The minimum atomic E-state index is -0.0786. The van der Waals surface area contributed by atoms with Gasteiger partial charge in [0.15, 0.2) is 0 Å². The van der Waals surface area contributed by atoms with E-state index in [9.17, 15) is 0 Å². The summed E-state index contributed by atoms with van der Waals surface area (Å²) in [6.07, 6.45) is 0. The summed E-state index contributed by atoms with van der Waals surface area (Å²) in [5, 5.41) is 4.69. The zero-order valence-corrected chi connectivity index (χ0v) is 28.6. The smallest absolute Gasteiger partial charge is 0.143 e. The fourth-order valence-corrected chi connectivity index (χ4v) is 8.45. The molecule has 0 bridgehead atoms. The lowest BCUT2D eigenvalue weighted by Crippen LogP contribution is -2.15. The molecule has 0 N–H and O–H groups in total. The molecule has 0 aliphatic heterocycles. The maximum absolute atomic E-state index is 6.43. The second-order valence-corrected chi connectivity index (χ2v) is 14.1. The van der Waals surface area contributed by atoms with E-state index in [1.54, 1.807) is 0 Å². The van der Waals surface area contributed by atoms with Crippen LogP contribution in [0.15, 0.2) is 180 Å². The maximum Gasteiger partial charge on any atom is 0.143 e. The maximum atomic E-state index is 6.43. The van der Waals surface area contributed by atoms with Crippen molar-refractivity contribution < 1.29 is 4.42 Å². The Labute approximate surface area is 297 Å². The van der Waals surface area contributed by atoms with Crippen LogP contribution < -0.4 is 4.90 Å². The Hall–Kier alpha value is -6.38. The number of rotatable bonds is 5. The zero-order valence-electron chi connectivity index (χ0n) is 28.6. The molecule has 1 aliphatic carbocycles. The number of hydrogen-bond acceptors (Lipinski definition) is 2. The quantitative estimate of drug-likeness (QED) is 0.184. The third-order valence-electron chi connectivity index (χ3n) is 10.9. The topological polar surface area (TPSA) is 16.4 Å². The summed E-state index contributed by atoms with van der Waals surface area (Å²) in [6, 6.07) is 63.6. The fourth-order valence-electron chi connectivity index (χ4n) is 8.45. The number of furan rings is 1. The van der Waals surface area contributed by atoms with Gasteiger partial charge in [0, 0.05) is 38.4 Å². The van der Waals surface area contributed by atoms with Crippen molar-refractivity contribution in [2.24, 2.45) is 0 Å². The van der Waals surface area contributed by atoms with Gasteiger partial charge >= 0.3 is 0 Å². The summed E-state index contributed by atoms with van der Waals surface area (Å²) in [5.74, 6) is 0. The lowest BCUT2D eigenvalue weighted by atomic mass is 9.82. The minimum absolute atomic E-state index is 0.0786. The fraction of sp³-hybridized carbons (Fsp3) is 0.0612. The average molecular weight is 654 g/mol. The van der Waals surface area contributed by atoms with Crippen LogP contribution in [0.2, 0.25) is 0 Å². The third-order valence-corrected chi connectivity index (χ3v) is 10.9. The van der Waals surface area contributed by atoms with Gasteiger partial charge in [0.25, 0.3) is 0 Å². The molecule has 10 rings (SSSR count). The molecule has 1 aromatic heterocycles. The van der Waals surface area contributed by atoms with Gasteiger partial charge in [0.05, 0.1) is 11.4 Å². The largest absolute Gasteiger partial charge is 0.455 e. The van der Waals surface area contributed by atoms with Gasteiger partial charge in [0.1, 0.15) is 11.2 Å². The number of fused-ring (bicyclic) bond motifs is 7. The number of hydrogen-bond donors (Lipinski definition) is 0. The molecule has 0 fully saturated rings. The van der Waals surface area contributed by atoms with Crippen LogP contribution in [-0.4, -0.2) is 0 Å². The molecule has 8 aromatic carbocycles. The summed E-state index contributed by atoms with van der Waals surface area (Å²) < 4.78 is 6.43. The minimum Gasteiger partial charge on any atom is -0.455 e. The Morgan fingerprint density at radius 2 is 1.02 bits per heavy atom. The van der Waals surface area contributed by atoms with Crippen LogP contribution in [0.5, 0.6) is 0 Å². The van der Waals surface area contributed by atoms with E-state index in [0.717, 1.165) is 50.1 Å². The molecule has 1 aliphatic rings. The van der Waals surface area contributed by atoms with E-state index < -0.39 is 0 Å². The SMILES string of the molecule is CC1(C)c2ccccc2-c2c(-c3ccccc3N(c3ccc(-c4cccc5c4oc4ccccc45)cc3)c3cccc4ccccc34)cccc21. The average Bonchev–Trinajstić information content (AvgIpc) is 3.68. The number of benzene rings is 8. The first-order chi connectivity index (χ1) is 25.1. The Kier molecular flexibility index (Phi) is 6.56. The molecule has 242 valence electrons. The lowest BCUT2D eigenvalue weighted by Gasteiger charge is -2.30. The zero-order chi connectivity index (χ0) is 34.1. The molecule has 9 aromatic rings. The standard InChI is InChI=1S/C49H35NO/c1-49(2)42-23-8-5-19-41(42)47-39(21-13-24-43(47)49)37-17-6-9-25-45(37)50(44-26-11-15-32-14-3-4-16-35(32)44)34-30-28-33(29-31-34)36-20-12-22-40-38-18-7-10-27-46(38)51-48(36)40/h3-31H,1-2H3. The van der Waals surface area contributed by atoms with Crippen molar-refractivity contribution in [1.82, 2.24) is 0 Å². The molecule has 0 saturated carbocycles. The van der Waals surface area contributed by atoms with E-state index in [-0.39, 0.29) is 5.41 Å². The van der Waals surface area contributed by atoms with Gasteiger partial charge in [-0.1, -0.05) is 159 Å². The molecule has 2 heteroatoms. The van der Waals surface area contributed by atoms with Crippen molar-refractivity contribution in [1.29, 1.82) is 0 Å². The van der Waals surface area contributed by atoms with Crippen molar-refractivity contribution >= 4 is 49.8 Å². The molecular weight excluding hydrogens is 619 g/mol. The van der Waals surface area contributed by atoms with Gasteiger partial charge < -0.3 is 9.32 Å². The Balaban J connectivity index is 1.18. The van der Waals surface area contributed by atoms with E-state index >= 15 is 0 Å². The van der Waals surface area contributed by atoms with Crippen LogP contribution in [0, 0.1) is 0 Å². The van der Waals surface area contributed by atoms with Crippen LogP contribution in [-0.2, 0) is 5.41 Å².